The monoisotopic (exact) mass is 251 g/mol. The first-order chi connectivity index (χ1) is 8.63. The second-order valence-corrected chi connectivity index (χ2v) is 4.98. The van der Waals surface area contributed by atoms with E-state index in [1.165, 1.54) is 6.42 Å². The Morgan fingerprint density at radius 3 is 2.39 bits per heavy atom. The van der Waals surface area contributed by atoms with Gasteiger partial charge in [0.05, 0.1) is 7.11 Å². The van der Waals surface area contributed by atoms with Gasteiger partial charge in [0.2, 0.25) is 0 Å². The van der Waals surface area contributed by atoms with Gasteiger partial charge in [-0.25, -0.2) is 0 Å². The maximum atomic E-state index is 5.70. The van der Waals surface area contributed by atoms with Gasteiger partial charge in [-0.3, -0.25) is 0 Å². The molecular weight excluding hydrogens is 226 g/mol. The summed E-state index contributed by atoms with van der Waals surface area (Å²) < 4.78 is 10.9. The van der Waals surface area contributed by atoms with Crippen LogP contribution in [0, 0.1) is 5.92 Å². The molecule has 0 aliphatic rings. The predicted molar refractivity (Wildman–Crippen MR) is 75.4 cm³/mol. The number of para-hydroxylation sites is 2. The highest BCUT2D eigenvalue weighted by Gasteiger charge is 2.05. The topological polar surface area (TPSA) is 30.5 Å². The highest BCUT2D eigenvalue weighted by molar-refractivity contribution is 5.39. The fourth-order valence-corrected chi connectivity index (χ4v) is 1.99. The van der Waals surface area contributed by atoms with Crippen molar-refractivity contribution in [3.05, 3.63) is 24.3 Å². The molecule has 1 aromatic rings. The van der Waals surface area contributed by atoms with Gasteiger partial charge in [0.25, 0.3) is 0 Å². The van der Waals surface area contributed by atoms with Gasteiger partial charge in [0.1, 0.15) is 6.61 Å². The third-order valence-electron chi connectivity index (χ3n) is 2.75. The van der Waals surface area contributed by atoms with Crippen LogP contribution in [0.5, 0.6) is 11.5 Å². The van der Waals surface area contributed by atoms with E-state index in [1.807, 2.05) is 24.3 Å². The molecule has 0 aliphatic carbocycles. The van der Waals surface area contributed by atoms with Crippen LogP contribution in [0.15, 0.2) is 24.3 Å². The average molecular weight is 251 g/mol. The minimum Gasteiger partial charge on any atom is -0.493 e. The zero-order valence-corrected chi connectivity index (χ0v) is 11.9. The number of nitrogens with one attached hydrogen (secondary N) is 1. The summed E-state index contributed by atoms with van der Waals surface area (Å²) in [5, 5.41) is 3.46. The lowest BCUT2D eigenvalue weighted by Crippen LogP contribution is -2.31. The van der Waals surface area contributed by atoms with Gasteiger partial charge < -0.3 is 14.8 Å². The molecule has 0 aromatic heterocycles. The molecule has 1 rings (SSSR count). The van der Waals surface area contributed by atoms with Crippen molar-refractivity contribution in [1.82, 2.24) is 5.32 Å². The number of benzene rings is 1. The zero-order valence-electron chi connectivity index (χ0n) is 11.9. The van der Waals surface area contributed by atoms with Crippen LogP contribution in [-0.4, -0.2) is 26.3 Å². The number of hydrogen-bond acceptors (Lipinski definition) is 3. The Hall–Kier alpha value is -1.22. The van der Waals surface area contributed by atoms with Gasteiger partial charge in [0.15, 0.2) is 11.5 Å². The first-order valence-electron chi connectivity index (χ1n) is 6.62. The van der Waals surface area contributed by atoms with Crippen LogP contribution >= 0.6 is 0 Å². The molecule has 0 amide bonds. The molecule has 1 aromatic carbocycles. The molecule has 0 saturated carbocycles. The molecule has 0 fully saturated rings. The van der Waals surface area contributed by atoms with Crippen LogP contribution in [0.4, 0.5) is 0 Å². The second-order valence-electron chi connectivity index (χ2n) is 4.98. The molecule has 18 heavy (non-hydrogen) atoms. The predicted octanol–water partition coefficient (Wildman–Crippen LogP) is 3.10. The largest absolute Gasteiger partial charge is 0.493 e. The average Bonchev–Trinajstić information content (AvgIpc) is 2.34. The number of ether oxygens (including phenoxy) is 2. The summed E-state index contributed by atoms with van der Waals surface area (Å²) in [6.07, 6.45) is 1.19. The number of rotatable bonds is 8. The highest BCUT2D eigenvalue weighted by atomic mass is 16.5. The summed E-state index contributed by atoms with van der Waals surface area (Å²) in [5.41, 5.74) is 0. The second kappa shape index (κ2) is 7.98. The van der Waals surface area contributed by atoms with E-state index in [-0.39, 0.29) is 0 Å². The van der Waals surface area contributed by atoms with Crippen molar-refractivity contribution in [2.24, 2.45) is 5.92 Å². The molecule has 102 valence electrons. The van der Waals surface area contributed by atoms with Crippen LogP contribution in [-0.2, 0) is 0 Å². The quantitative estimate of drug-likeness (QED) is 0.720. The van der Waals surface area contributed by atoms with Crippen molar-refractivity contribution >= 4 is 0 Å². The fourth-order valence-electron chi connectivity index (χ4n) is 1.99. The fraction of sp³-hybridized carbons (Fsp3) is 0.600. The van der Waals surface area contributed by atoms with E-state index in [4.69, 9.17) is 9.47 Å². The summed E-state index contributed by atoms with van der Waals surface area (Å²) >= 11 is 0. The molecular formula is C15H25NO2. The summed E-state index contributed by atoms with van der Waals surface area (Å²) in [6, 6.07) is 8.26. The lowest BCUT2D eigenvalue weighted by molar-refractivity contribution is 0.283. The lowest BCUT2D eigenvalue weighted by atomic mass is 10.1. The Kier molecular flexibility index (Phi) is 6.58. The summed E-state index contributed by atoms with van der Waals surface area (Å²) in [4.78, 5) is 0. The first-order valence-corrected chi connectivity index (χ1v) is 6.62. The van der Waals surface area contributed by atoms with E-state index in [2.05, 4.69) is 26.1 Å². The normalized spacial score (nSPS) is 12.5. The van der Waals surface area contributed by atoms with E-state index in [1.54, 1.807) is 7.11 Å². The van der Waals surface area contributed by atoms with E-state index >= 15 is 0 Å². The molecule has 0 spiro atoms. The molecule has 1 atom stereocenters. The highest BCUT2D eigenvalue weighted by Crippen LogP contribution is 2.25. The van der Waals surface area contributed by atoms with Gasteiger partial charge in [-0.15, -0.1) is 0 Å². The van der Waals surface area contributed by atoms with Crippen molar-refractivity contribution in [2.75, 3.05) is 20.3 Å². The van der Waals surface area contributed by atoms with Gasteiger partial charge in [0, 0.05) is 12.6 Å². The zero-order chi connectivity index (χ0) is 13.4. The van der Waals surface area contributed by atoms with Crippen LogP contribution < -0.4 is 14.8 Å². The maximum Gasteiger partial charge on any atom is 0.161 e. The summed E-state index contributed by atoms with van der Waals surface area (Å²) in [7, 11) is 1.66. The lowest BCUT2D eigenvalue weighted by Gasteiger charge is -2.16. The molecule has 1 unspecified atom stereocenters. The Labute approximate surface area is 110 Å². The molecule has 3 heteroatoms. The third kappa shape index (κ3) is 5.41. The molecule has 0 heterocycles. The Bertz CT molecular complexity index is 339. The van der Waals surface area contributed by atoms with Gasteiger partial charge in [-0.2, -0.15) is 0 Å². The van der Waals surface area contributed by atoms with Crippen LogP contribution in [0.1, 0.15) is 27.2 Å². The smallest absolute Gasteiger partial charge is 0.161 e. The van der Waals surface area contributed by atoms with Crippen molar-refractivity contribution in [3.8, 4) is 11.5 Å². The van der Waals surface area contributed by atoms with Crippen molar-refractivity contribution < 1.29 is 9.47 Å². The van der Waals surface area contributed by atoms with Crippen molar-refractivity contribution in [2.45, 2.75) is 33.2 Å². The van der Waals surface area contributed by atoms with E-state index < -0.39 is 0 Å². The van der Waals surface area contributed by atoms with Gasteiger partial charge >= 0.3 is 0 Å². The van der Waals surface area contributed by atoms with Crippen LogP contribution in [0.25, 0.3) is 0 Å². The minimum atomic E-state index is 0.534. The molecule has 0 bridgehead atoms. The standard InChI is InChI=1S/C15H25NO2/c1-12(2)11-13(3)16-9-10-18-15-8-6-5-7-14(15)17-4/h5-8,12-13,16H,9-11H2,1-4H3. The first kappa shape index (κ1) is 14.8. The van der Waals surface area contributed by atoms with Gasteiger partial charge in [-0.05, 0) is 31.4 Å². The minimum absolute atomic E-state index is 0.534. The molecule has 1 N–H and O–H groups in total. The van der Waals surface area contributed by atoms with Crippen molar-refractivity contribution in [1.29, 1.82) is 0 Å². The van der Waals surface area contributed by atoms with Crippen LogP contribution in [0.3, 0.4) is 0 Å². The molecule has 0 saturated heterocycles. The molecule has 0 radical (unpaired) electrons. The summed E-state index contributed by atoms with van der Waals surface area (Å²) in [6.45, 7) is 8.20. The SMILES string of the molecule is COc1ccccc1OCCNC(C)CC(C)C. The Morgan fingerprint density at radius 1 is 1.11 bits per heavy atom. The number of methoxy groups -OCH3 is 1. The maximum absolute atomic E-state index is 5.70. The number of hydrogen-bond donors (Lipinski definition) is 1. The van der Waals surface area contributed by atoms with Crippen molar-refractivity contribution in [3.63, 3.8) is 0 Å². The Morgan fingerprint density at radius 2 is 1.78 bits per heavy atom. The van der Waals surface area contributed by atoms with E-state index in [0.717, 1.165) is 24.0 Å². The van der Waals surface area contributed by atoms with Gasteiger partial charge in [-0.1, -0.05) is 26.0 Å². The molecule has 3 nitrogen and oxygen atoms in total. The molecule has 0 aliphatic heterocycles. The van der Waals surface area contributed by atoms with Crippen LogP contribution in [0.2, 0.25) is 0 Å². The third-order valence-corrected chi connectivity index (χ3v) is 2.75. The van der Waals surface area contributed by atoms with E-state index in [9.17, 15) is 0 Å². The Balaban J connectivity index is 2.25. The summed E-state index contributed by atoms with van der Waals surface area (Å²) in [5.74, 6) is 2.31. The van der Waals surface area contributed by atoms with E-state index in [0.29, 0.717) is 12.6 Å².